The van der Waals surface area contributed by atoms with Crippen molar-refractivity contribution in [2.45, 2.75) is 32.5 Å². The molecule has 1 atom stereocenters. The minimum Gasteiger partial charge on any atom is -0.382 e. The fourth-order valence-corrected chi connectivity index (χ4v) is 2.03. The van der Waals surface area contributed by atoms with E-state index in [4.69, 9.17) is 9.47 Å². The number of benzene rings is 1. The summed E-state index contributed by atoms with van der Waals surface area (Å²) >= 11 is 0. The van der Waals surface area contributed by atoms with Gasteiger partial charge in [0, 0.05) is 18.7 Å². The lowest BCUT2D eigenvalue weighted by atomic mass is 10.0. The van der Waals surface area contributed by atoms with Gasteiger partial charge in [-0.25, -0.2) is 0 Å². The maximum Gasteiger partial charge on any atom is 0.0789 e. The predicted octanol–water partition coefficient (Wildman–Crippen LogP) is 2.46. The van der Waals surface area contributed by atoms with Gasteiger partial charge in [-0.1, -0.05) is 18.2 Å². The van der Waals surface area contributed by atoms with Crippen LogP contribution in [0.1, 0.15) is 19.4 Å². The van der Waals surface area contributed by atoms with Gasteiger partial charge in [-0.15, -0.1) is 0 Å². The first kappa shape index (κ1) is 12.4. The highest BCUT2D eigenvalue weighted by Gasteiger charge is 2.17. The first-order chi connectivity index (χ1) is 8.25. The second-order valence-corrected chi connectivity index (χ2v) is 4.65. The van der Waals surface area contributed by atoms with E-state index in [9.17, 15) is 0 Å². The van der Waals surface area contributed by atoms with E-state index in [1.807, 2.05) is 13.8 Å². The Balaban J connectivity index is 1.75. The SMILES string of the molecule is CC(C)OCCOC1CNc2ccccc2C1. The van der Waals surface area contributed by atoms with Crippen LogP contribution in [0.3, 0.4) is 0 Å². The third-order valence-corrected chi connectivity index (χ3v) is 2.87. The molecule has 17 heavy (non-hydrogen) atoms. The molecule has 0 saturated heterocycles. The number of hydrogen-bond donors (Lipinski definition) is 1. The average molecular weight is 235 g/mol. The van der Waals surface area contributed by atoms with Gasteiger partial charge >= 0.3 is 0 Å². The summed E-state index contributed by atoms with van der Waals surface area (Å²) in [7, 11) is 0. The van der Waals surface area contributed by atoms with E-state index in [2.05, 4.69) is 29.6 Å². The van der Waals surface area contributed by atoms with Crippen LogP contribution in [0.15, 0.2) is 24.3 Å². The number of ether oxygens (including phenoxy) is 2. The van der Waals surface area contributed by atoms with Crippen LogP contribution in [-0.2, 0) is 15.9 Å². The Bertz CT molecular complexity index is 352. The molecule has 3 heteroatoms. The first-order valence-electron chi connectivity index (χ1n) is 6.30. The summed E-state index contributed by atoms with van der Waals surface area (Å²) in [6.45, 7) is 6.32. The van der Waals surface area contributed by atoms with E-state index in [1.54, 1.807) is 0 Å². The largest absolute Gasteiger partial charge is 0.382 e. The van der Waals surface area contributed by atoms with Crippen LogP contribution >= 0.6 is 0 Å². The molecule has 3 nitrogen and oxygen atoms in total. The van der Waals surface area contributed by atoms with E-state index in [0.29, 0.717) is 13.2 Å². The molecule has 1 heterocycles. The summed E-state index contributed by atoms with van der Waals surface area (Å²) in [4.78, 5) is 0. The summed E-state index contributed by atoms with van der Waals surface area (Å²) in [6.07, 6.45) is 1.54. The topological polar surface area (TPSA) is 30.5 Å². The molecule has 0 bridgehead atoms. The van der Waals surface area contributed by atoms with Gasteiger partial charge in [0.05, 0.1) is 25.4 Å². The second-order valence-electron chi connectivity index (χ2n) is 4.65. The van der Waals surface area contributed by atoms with Crippen molar-refractivity contribution in [1.29, 1.82) is 0 Å². The molecule has 1 aliphatic heterocycles. The Hall–Kier alpha value is -1.06. The van der Waals surface area contributed by atoms with Crippen LogP contribution in [0, 0.1) is 0 Å². The van der Waals surface area contributed by atoms with Gasteiger partial charge in [0.2, 0.25) is 0 Å². The van der Waals surface area contributed by atoms with Crippen molar-refractivity contribution in [2.75, 3.05) is 25.1 Å². The van der Waals surface area contributed by atoms with E-state index in [0.717, 1.165) is 13.0 Å². The monoisotopic (exact) mass is 235 g/mol. The molecule has 2 rings (SSSR count). The number of nitrogens with one attached hydrogen (secondary N) is 1. The normalized spacial score (nSPS) is 18.9. The Morgan fingerprint density at radius 3 is 2.94 bits per heavy atom. The predicted molar refractivity (Wildman–Crippen MR) is 69.5 cm³/mol. The lowest BCUT2D eigenvalue weighted by Gasteiger charge is -2.26. The molecular formula is C14H21NO2. The van der Waals surface area contributed by atoms with E-state index in [1.165, 1.54) is 11.3 Å². The van der Waals surface area contributed by atoms with Crippen LogP contribution < -0.4 is 5.32 Å². The molecule has 0 spiro atoms. The molecule has 1 unspecified atom stereocenters. The van der Waals surface area contributed by atoms with Gasteiger partial charge in [-0.05, 0) is 25.5 Å². The Morgan fingerprint density at radius 1 is 1.29 bits per heavy atom. The third kappa shape index (κ3) is 3.72. The molecule has 0 aromatic heterocycles. The van der Waals surface area contributed by atoms with Crippen molar-refractivity contribution in [3.05, 3.63) is 29.8 Å². The van der Waals surface area contributed by atoms with Gasteiger partial charge in [-0.2, -0.15) is 0 Å². The van der Waals surface area contributed by atoms with Crippen molar-refractivity contribution in [3.63, 3.8) is 0 Å². The van der Waals surface area contributed by atoms with Crippen LogP contribution in [-0.4, -0.2) is 32.0 Å². The van der Waals surface area contributed by atoms with Crippen LogP contribution in [0.25, 0.3) is 0 Å². The summed E-state index contributed by atoms with van der Waals surface area (Å²) in [5.41, 5.74) is 2.58. The van der Waals surface area contributed by atoms with Crippen LogP contribution in [0.4, 0.5) is 5.69 Å². The Morgan fingerprint density at radius 2 is 2.12 bits per heavy atom. The van der Waals surface area contributed by atoms with Crippen molar-refractivity contribution < 1.29 is 9.47 Å². The molecule has 0 fully saturated rings. The van der Waals surface area contributed by atoms with Crippen molar-refractivity contribution in [1.82, 2.24) is 0 Å². The molecular weight excluding hydrogens is 214 g/mol. The lowest BCUT2D eigenvalue weighted by molar-refractivity contribution is -0.00883. The summed E-state index contributed by atoms with van der Waals surface area (Å²) in [6, 6.07) is 8.41. The average Bonchev–Trinajstić information content (AvgIpc) is 2.34. The molecule has 0 amide bonds. The van der Waals surface area contributed by atoms with E-state index >= 15 is 0 Å². The van der Waals surface area contributed by atoms with Gasteiger partial charge in [0.1, 0.15) is 0 Å². The fourth-order valence-electron chi connectivity index (χ4n) is 2.03. The summed E-state index contributed by atoms with van der Waals surface area (Å²) < 4.78 is 11.3. The molecule has 1 aromatic carbocycles. The molecule has 0 radical (unpaired) electrons. The van der Waals surface area contributed by atoms with Gasteiger partial charge in [0.25, 0.3) is 0 Å². The van der Waals surface area contributed by atoms with E-state index < -0.39 is 0 Å². The zero-order valence-electron chi connectivity index (χ0n) is 10.6. The Kier molecular flexibility index (Phi) is 4.40. The van der Waals surface area contributed by atoms with Crippen molar-refractivity contribution in [3.8, 4) is 0 Å². The second kappa shape index (κ2) is 6.03. The highest BCUT2D eigenvalue weighted by atomic mass is 16.5. The zero-order valence-corrected chi connectivity index (χ0v) is 10.6. The number of fused-ring (bicyclic) bond motifs is 1. The number of anilines is 1. The smallest absolute Gasteiger partial charge is 0.0789 e. The molecule has 0 saturated carbocycles. The molecule has 94 valence electrons. The maximum atomic E-state index is 5.80. The lowest BCUT2D eigenvalue weighted by Crippen LogP contribution is -2.31. The number of hydrogen-bond acceptors (Lipinski definition) is 3. The number of rotatable bonds is 5. The van der Waals surface area contributed by atoms with Crippen LogP contribution in [0.5, 0.6) is 0 Å². The molecule has 1 aliphatic rings. The molecule has 1 aromatic rings. The Labute approximate surface area is 103 Å². The molecule has 0 aliphatic carbocycles. The standard InChI is InChI=1S/C14H21NO2/c1-11(2)16-7-8-17-13-9-12-5-3-4-6-14(12)15-10-13/h3-6,11,13,15H,7-10H2,1-2H3. The van der Waals surface area contributed by atoms with Crippen molar-refractivity contribution >= 4 is 5.69 Å². The minimum atomic E-state index is 0.265. The van der Waals surface area contributed by atoms with Crippen LogP contribution in [0.2, 0.25) is 0 Å². The highest BCUT2D eigenvalue weighted by molar-refractivity contribution is 5.53. The van der Waals surface area contributed by atoms with Gasteiger partial charge in [-0.3, -0.25) is 0 Å². The fraction of sp³-hybridized carbons (Fsp3) is 0.571. The quantitative estimate of drug-likeness (QED) is 0.795. The molecule has 1 N–H and O–H groups in total. The summed E-state index contributed by atoms with van der Waals surface area (Å²) in [5, 5.41) is 3.40. The van der Waals surface area contributed by atoms with Crippen molar-refractivity contribution in [2.24, 2.45) is 0 Å². The zero-order chi connectivity index (χ0) is 12.1. The third-order valence-electron chi connectivity index (χ3n) is 2.87. The van der Waals surface area contributed by atoms with Gasteiger partial charge < -0.3 is 14.8 Å². The highest BCUT2D eigenvalue weighted by Crippen LogP contribution is 2.22. The minimum absolute atomic E-state index is 0.265. The first-order valence-corrected chi connectivity index (χ1v) is 6.30. The van der Waals surface area contributed by atoms with Gasteiger partial charge in [0.15, 0.2) is 0 Å². The summed E-state index contributed by atoms with van der Waals surface area (Å²) in [5.74, 6) is 0. The maximum absolute atomic E-state index is 5.80. The van der Waals surface area contributed by atoms with E-state index in [-0.39, 0.29) is 12.2 Å². The number of para-hydroxylation sites is 1.